The van der Waals surface area contributed by atoms with Crippen molar-refractivity contribution in [2.24, 2.45) is 13.0 Å². The van der Waals surface area contributed by atoms with Crippen molar-refractivity contribution in [1.82, 2.24) is 19.1 Å². The number of aromatic nitrogens is 4. The van der Waals surface area contributed by atoms with E-state index in [9.17, 15) is 0 Å². The molecule has 5 heteroatoms. The molecule has 0 saturated heterocycles. The molecule has 0 spiro atoms. The van der Waals surface area contributed by atoms with Crippen molar-refractivity contribution in [1.29, 1.82) is 0 Å². The Morgan fingerprint density at radius 2 is 2.17 bits per heavy atom. The zero-order chi connectivity index (χ0) is 13.1. The van der Waals surface area contributed by atoms with Crippen LogP contribution in [0.3, 0.4) is 0 Å². The fourth-order valence-corrected chi connectivity index (χ4v) is 1.95. The minimum Gasteiger partial charge on any atom is -0.348 e. The van der Waals surface area contributed by atoms with Gasteiger partial charge in [0.1, 0.15) is 5.82 Å². The molecular formula is C13H21N5. The zero-order valence-electron chi connectivity index (χ0n) is 11.5. The molecule has 0 aromatic carbocycles. The fraction of sp³-hybridized carbons (Fsp3) is 0.538. The first kappa shape index (κ1) is 12.7. The van der Waals surface area contributed by atoms with Gasteiger partial charge in [-0.1, -0.05) is 13.8 Å². The summed E-state index contributed by atoms with van der Waals surface area (Å²) in [6.45, 7) is 8.10. The molecule has 0 aliphatic heterocycles. The Hall–Kier alpha value is -1.78. The molecule has 18 heavy (non-hydrogen) atoms. The number of anilines is 1. The maximum atomic E-state index is 4.51. The summed E-state index contributed by atoms with van der Waals surface area (Å²) < 4.78 is 4.18. The third-order valence-corrected chi connectivity index (χ3v) is 2.78. The van der Waals surface area contributed by atoms with E-state index in [-0.39, 0.29) is 0 Å². The van der Waals surface area contributed by atoms with Gasteiger partial charge >= 0.3 is 0 Å². The average Bonchev–Trinajstić information content (AvgIpc) is 2.82. The number of imidazole rings is 2. The van der Waals surface area contributed by atoms with Gasteiger partial charge in [0.05, 0.1) is 12.2 Å². The third kappa shape index (κ3) is 2.91. The summed E-state index contributed by atoms with van der Waals surface area (Å²) in [5, 5.41) is 3.35. The lowest BCUT2D eigenvalue weighted by Crippen LogP contribution is -2.12. The second kappa shape index (κ2) is 5.25. The molecule has 5 nitrogen and oxygen atoms in total. The van der Waals surface area contributed by atoms with Crippen LogP contribution in [0.25, 0.3) is 0 Å². The first-order chi connectivity index (χ1) is 8.56. The molecule has 2 heterocycles. The molecule has 2 aromatic rings. The maximum Gasteiger partial charge on any atom is 0.203 e. The van der Waals surface area contributed by atoms with Crippen LogP contribution in [0.15, 0.2) is 18.6 Å². The van der Waals surface area contributed by atoms with E-state index in [4.69, 9.17) is 0 Å². The topological polar surface area (TPSA) is 47.7 Å². The predicted octanol–water partition coefficient (Wildman–Crippen LogP) is 2.19. The van der Waals surface area contributed by atoms with Crippen molar-refractivity contribution < 1.29 is 0 Å². The summed E-state index contributed by atoms with van der Waals surface area (Å²) in [5.74, 6) is 2.53. The quantitative estimate of drug-likeness (QED) is 0.881. The Morgan fingerprint density at radius 3 is 2.78 bits per heavy atom. The minimum absolute atomic E-state index is 0.604. The number of aryl methyl sites for hydroxylation is 2. The highest BCUT2D eigenvalue weighted by Crippen LogP contribution is 2.12. The van der Waals surface area contributed by atoms with Crippen LogP contribution in [0.5, 0.6) is 0 Å². The fourth-order valence-electron chi connectivity index (χ4n) is 1.95. The van der Waals surface area contributed by atoms with Gasteiger partial charge in [-0.3, -0.25) is 0 Å². The Kier molecular flexibility index (Phi) is 3.69. The second-order valence-corrected chi connectivity index (χ2v) is 5.06. The minimum atomic E-state index is 0.604. The van der Waals surface area contributed by atoms with Crippen molar-refractivity contribution in [2.75, 3.05) is 5.32 Å². The zero-order valence-corrected chi connectivity index (χ0v) is 11.5. The summed E-state index contributed by atoms with van der Waals surface area (Å²) in [7, 11) is 2.00. The number of nitrogens with zero attached hydrogens (tertiary/aromatic N) is 4. The highest BCUT2D eigenvalue weighted by atomic mass is 15.2. The highest BCUT2D eigenvalue weighted by Gasteiger charge is 2.07. The lowest BCUT2D eigenvalue weighted by atomic mass is 10.2. The Labute approximate surface area is 108 Å². The van der Waals surface area contributed by atoms with Gasteiger partial charge in [0, 0.05) is 32.2 Å². The molecule has 0 atom stereocenters. The van der Waals surface area contributed by atoms with Gasteiger partial charge in [-0.15, -0.1) is 0 Å². The molecule has 0 amide bonds. The Bertz CT molecular complexity index is 509. The molecular weight excluding hydrogens is 226 g/mol. The van der Waals surface area contributed by atoms with E-state index < -0.39 is 0 Å². The van der Waals surface area contributed by atoms with Gasteiger partial charge in [-0.2, -0.15) is 0 Å². The smallest absolute Gasteiger partial charge is 0.203 e. The number of hydrogen-bond donors (Lipinski definition) is 1. The lowest BCUT2D eigenvalue weighted by molar-refractivity contribution is 0.525. The molecule has 0 bridgehead atoms. The normalized spacial score (nSPS) is 11.2. The SMILES string of the molecule is Cc1cn(CC(C)C)c(NCc2nccn2C)n1. The third-order valence-electron chi connectivity index (χ3n) is 2.78. The van der Waals surface area contributed by atoms with Crippen molar-refractivity contribution in [3.63, 3.8) is 0 Å². The van der Waals surface area contributed by atoms with Crippen molar-refractivity contribution in [2.45, 2.75) is 33.9 Å². The first-order valence-electron chi connectivity index (χ1n) is 6.30. The molecule has 0 unspecified atom stereocenters. The summed E-state index contributed by atoms with van der Waals surface area (Å²) in [4.78, 5) is 8.80. The van der Waals surface area contributed by atoms with E-state index in [0.717, 1.165) is 24.0 Å². The first-order valence-corrected chi connectivity index (χ1v) is 6.30. The van der Waals surface area contributed by atoms with Gasteiger partial charge in [-0.25, -0.2) is 9.97 Å². The van der Waals surface area contributed by atoms with E-state index in [2.05, 4.69) is 39.9 Å². The van der Waals surface area contributed by atoms with Crippen LogP contribution in [0.1, 0.15) is 25.4 Å². The van der Waals surface area contributed by atoms with Crippen molar-refractivity contribution >= 4 is 5.95 Å². The van der Waals surface area contributed by atoms with E-state index >= 15 is 0 Å². The average molecular weight is 247 g/mol. The lowest BCUT2D eigenvalue weighted by Gasteiger charge is -2.11. The molecule has 1 N–H and O–H groups in total. The summed E-state index contributed by atoms with van der Waals surface area (Å²) in [6.07, 6.45) is 5.84. The summed E-state index contributed by atoms with van der Waals surface area (Å²) >= 11 is 0. The van der Waals surface area contributed by atoms with Crippen LogP contribution >= 0.6 is 0 Å². The van der Waals surface area contributed by atoms with E-state index in [1.165, 1.54) is 0 Å². The Balaban J connectivity index is 2.07. The van der Waals surface area contributed by atoms with Gasteiger partial charge in [0.15, 0.2) is 0 Å². The summed E-state index contributed by atoms with van der Waals surface area (Å²) in [6, 6.07) is 0. The van der Waals surface area contributed by atoms with Gasteiger partial charge in [0.25, 0.3) is 0 Å². The maximum absolute atomic E-state index is 4.51. The van der Waals surface area contributed by atoms with E-state index in [1.807, 2.05) is 30.9 Å². The van der Waals surface area contributed by atoms with Crippen LogP contribution in [-0.4, -0.2) is 19.1 Å². The van der Waals surface area contributed by atoms with Crippen LogP contribution in [-0.2, 0) is 20.1 Å². The number of hydrogen-bond acceptors (Lipinski definition) is 3. The molecule has 0 fully saturated rings. The predicted molar refractivity (Wildman–Crippen MR) is 72.3 cm³/mol. The molecule has 2 rings (SSSR count). The van der Waals surface area contributed by atoms with Crippen LogP contribution in [0.2, 0.25) is 0 Å². The van der Waals surface area contributed by atoms with E-state index in [1.54, 1.807) is 0 Å². The molecule has 0 radical (unpaired) electrons. The number of nitrogens with one attached hydrogen (secondary N) is 1. The monoisotopic (exact) mass is 247 g/mol. The van der Waals surface area contributed by atoms with Crippen molar-refractivity contribution in [3.05, 3.63) is 30.1 Å². The van der Waals surface area contributed by atoms with Gasteiger partial charge in [0.2, 0.25) is 5.95 Å². The van der Waals surface area contributed by atoms with Crippen LogP contribution in [0, 0.1) is 12.8 Å². The largest absolute Gasteiger partial charge is 0.348 e. The molecule has 2 aromatic heterocycles. The highest BCUT2D eigenvalue weighted by molar-refractivity contribution is 5.29. The molecule has 98 valence electrons. The Morgan fingerprint density at radius 1 is 1.39 bits per heavy atom. The van der Waals surface area contributed by atoms with Gasteiger partial charge in [-0.05, 0) is 12.8 Å². The van der Waals surface area contributed by atoms with Crippen LogP contribution < -0.4 is 5.32 Å². The van der Waals surface area contributed by atoms with E-state index in [0.29, 0.717) is 12.5 Å². The van der Waals surface area contributed by atoms with Crippen LogP contribution in [0.4, 0.5) is 5.95 Å². The second-order valence-electron chi connectivity index (χ2n) is 5.06. The van der Waals surface area contributed by atoms with Crippen molar-refractivity contribution in [3.8, 4) is 0 Å². The van der Waals surface area contributed by atoms with Gasteiger partial charge < -0.3 is 14.5 Å². The number of rotatable bonds is 5. The summed E-state index contributed by atoms with van der Waals surface area (Å²) in [5.41, 5.74) is 1.04. The molecule has 0 saturated carbocycles. The standard InChI is InChI=1S/C13H21N5/c1-10(2)8-18-9-11(3)16-13(18)15-7-12-14-5-6-17(12)4/h5-6,9-10H,7-8H2,1-4H3,(H,15,16). The molecule has 0 aliphatic rings. The molecule has 0 aliphatic carbocycles.